The molecule has 0 unspecified atom stereocenters. The van der Waals surface area contributed by atoms with Crippen LogP contribution in [0.4, 0.5) is 5.69 Å². The minimum absolute atomic E-state index is 0. The number of anilines is 1. The predicted molar refractivity (Wildman–Crippen MR) is 84.5 cm³/mol. The van der Waals surface area contributed by atoms with E-state index in [9.17, 15) is 4.79 Å². The van der Waals surface area contributed by atoms with Gasteiger partial charge in [0.25, 0.3) is 0 Å². The molecule has 19 heavy (non-hydrogen) atoms. The van der Waals surface area contributed by atoms with Crippen LogP contribution in [0, 0.1) is 0 Å². The zero-order valence-electron chi connectivity index (χ0n) is 9.78. The minimum atomic E-state index is -0.198. The Hall–Kier alpha value is -0.750. The van der Waals surface area contributed by atoms with E-state index in [1.54, 1.807) is 23.1 Å². The summed E-state index contributed by atoms with van der Waals surface area (Å²) in [6.07, 6.45) is 0. The van der Waals surface area contributed by atoms with E-state index in [-0.39, 0.29) is 24.9 Å². The largest absolute Gasteiger partial charge is 0.361 e. The second kappa shape index (κ2) is 7.14. The molecule has 8 heteroatoms. The van der Waals surface area contributed by atoms with Crippen LogP contribution in [0.3, 0.4) is 0 Å². The standard InChI is InChI=1S/C11H11Cl2N3OS.ClH/c12-7-2-1-3-8(13)10(7)15-9(17)6-16-5-4-14-11(16)18;/h1-3H,4-6H2,(H,14,18)(H,15,17);1H. The van der Waals surface area contributed by atoms with Crippen molar-refractivity contribution in [1.82, 2.24) is 10.2 Å². The average molecular weight is 341 g/mol. The number of carbonyl (C=O) groups is 1. The highest BCUT2D eigenvalue weighted by Crippen LogP contribution is 2.29. The first-order valence-corrected chi connectivity index (χ1v) is 6.51. The van der Waals surface area contributed by atoms with Crippen molar-refractivity contribution in [2.75, 3.05) is 25.0 Å². The number of thiocarbonyl (C=S) groups is 1. The zero-order chi connectivity index (χ0) is 13.1. The number of nitrogens with zero attached hydrogens (tertiary/aromatic N) is 1. The summed E-state index contributed by atoms with van der Waals surface area (Å²) in [6.45, 7) is 1.68. The van der Waals surface area contributed by atoms with Crippen molar-refractivity contribution < 1.29 is 4.79 Å². The summed E-state index contributed by atoms with van der Waals surface area (Å²) in [4.78, 5) is 13.6. The smallest absolute Gasteiger partial charge is 0.244 e. The van der Waals surface area contributed by atoms with Crippen molar-refractivity contribution in [3.63, 3.8) is 0 Å². The van der Waals surface area contributed by atoms with E-state index in [2.05, 4.69) is 10.6 Å². The molecular formula is C11H12Cl3N3OS. The van der Waals surface area contributed by atoms with E-state index in [1.165, 1.54) is 0 Å². The normalized spacial score (nSPS) is 13.8. The SMILES string of the molecule is Cl.O=C(CN1CCNC1=S)Nc1c(Cl)cccc1Cl. The molecule has 4 nitrogen and oxygen atoms in total. The molecule has 0 aromatic heterocycles. The molecule has 1 aromatic carbocycles. The monoisotopic (exact) mass is 339 g/mol. The van der Waals surface area contributed by atoms with Gasteiger partial charge in [0.15, 0.2) is 5.11 Å². The topological polar surface area (TPSA) is 44.4 Å². The van der Waals surface area contributed by atoms with Crippen LogP contribution in [0.1, 0.15) is 0 Å². The molecule has 0 bridgehead atoms. The summed E-state index contributed by atoms with van der Waals surface area (Å²) in [5.74, 6) is -0.198. The van der Waals surface area contributed by atoms with Gasteiger partial charge in [0.2, 0.25) is 5.91 Å². The number of carbonyl (C=O) groups excluding carboxylic acids is 1. The van der Waals surface area contributed by atoms with E-state index in [4.69, 9.17) is 35.4 Å². The van der Waals surface area contributed by atoms with Crippen LogP contribution in [0.15, 0.2) is 18.2 Å². The quantitative estimate of drug-likeness (QED) is 0.830. The second-order valence-electron chi connectivity index (χ2n) is 3.80. The highest BCUT2D eigenvalue weighted by Gasteiger charge is 2.19. The number of amides is 1. The van der Waals surface area contributed by atoms with Crippen LogP contribution >= 0.6 is 47.8 Å². The van der Waals surface area contributed by atoms with Crippen molar-refractivity contribution in [2.45, 2.75) is 0 Å². The Labute approximate surface area is 132 Å². The number of halogens is 3. The number of benzene rings is 1. The lowest BCUT2D eigenvalue weighted by molar-refractivity contribution is -0.116. The van der Waals surface area contributed by atoms with E-state index < -0.39 is 0 Å². The lowest BCUT2D eigenvalue weighted by Crippen LogP contribution is -2.35. The third kappa shape index (κ3) is 4.11. The van der Waals surface area contributed by atoms with Crippen LogP contribution in [0.2, 0.25) is 10.0 Å². The van der Waals surface area contributed by atoms with Gasteiger partial charge in [-0.05, 0) is 24.4 Å². The van der Waals surface area contributed by atoms with Crippen molar-refractivity contribution in [3.05, 3.63) is 28.2 Å². The predicted octanol–water partition coefficient (Wildman–Crippen LogP) is 2.54. The summed E-state index contributed by atoms with van der Waals surface area (Å²) >= 11 is 17.0. The van der Waals surface area contributed by atoms with Crippen molar-refractivity contribution in [2.24, 2.45) is 0 Å². The first kappa shape index (κ1) is 16.3. The van der Waals surface area contributed by atoms with Gasteiger partial charge in [-0.2, -0.15) is 0 Å². The molecule has 104 valence electrons. The Kier molecular flexibility index (Phi) is 6.13. The summed E-state index contributed by atoms with van der Waals surface area (Å²) in [5, 5.41) is 7.10. The molecule has 2 rings (SSSR count). The fraction of sp³-hybridized carbons (Fsp3) is 0.273. The summed E-state index contributed by atoms with van der Waals surface area (Å²) in [6, 6.07) is 5.07. The van der Waals surface area contributed by atoms with Gasteiger partial charge in [-0.3, -0.25) is 4.79 Å². The molecule has 0 atom stereocenters. The van der Waals surface area contributed by atoms with Gasteiger partial charge in [-0.25, -0.2) is 0 Å². The fourth-order valence-electron chi connectivity index (χ4n) is 1.63. The van der Waals surface area contributed by atoms with Gasteiger partial charge in [0, 0.05) is 13.1 Å². The molecule has 1 amide bonds. The van der Waals surface area contributed by atoms with Crippen molar-refractivity contribution in [3.8, 4) is 0 Å². The van der Waals surface area contributed by atoms with Crippen LogP contribution in [0.25, 0.3) is 0 Å². The van der Waals surface area contributed by atoms with Crippen LogP contribution < -0.4 is 10.6 Å². The molecule has 0 saturated carbocycles. The highest BCUT2D eigenvalue weighted by molar-refractivity contribution is 7.80. The van der Waals surface area contributed by atoms with Gasteiger partial charge in [0.1, 0.15) is 0 Å². The Morgan fingerprint density at radius 1 is 1.42 bits per heavy atom. The van der Waals surface area contributed by atoms with E-state index >= 15 is 0 Å². The maximum absolute atomic E-state index is 11.9. The van der Waals surface area contributed by atoms with E-state index in [0.717, 1.165) is 13.1 Å². The molecule has 1 heterocycles. The van der Waals surface area contributed by atoms with Crippen molar-refractivity contribution in [1.29, 1.82) is 0 Å². The molecule has 0 aliphatic carbocycles. The number of hydrogen-bond donors (Lipinski definition) is 2. The zero-order valence-corrected chi connectivity index (χ0v) is 12.9. The van der Waals surface area contributed by atoms with Gasteiger partial charge < -0.3 is 15.5 Å². The molecular weight excluding hydrogens is 329 g/mol. The lowest BCUT2D eigenvalue weighted by Gasteiger charge is -2.16. The number of nitrogens with one attached hydrogen (secondary N) is 2. The molecule has 1 aliphatic rings. The maximum Gasteiger partial charge on any atom is 0.244 e. The molecule has 0 radical (unpaired) electrons. The molecule has 0 spiro atoms. The van der Waals surface area contributed by atoms with E-state index in [1.807, 2.05) is 0 Å². The molecule has 1 aromatic rings. The fourth-order valence-corrected chi connectivity index (χ4v) is 2.38. The van der Waals surface area contributed by atoms with E-state index in [0.29, 0.717) is 20.8 Å². The number of rotatable bonds is 3. The van der Waals surface area contributed by atoms with Gasteiger partial charge in [-0.15, -0.1) is 12.4 Å². The van der Waals surface area contributed by atoms with Crippen LogP contribution in [-0.4, -0.2) is 35.6 Å². The summed E-state index contributed by atoms with van der Waals surface area (Å²) in [7, 11) is 0. The summed E-state index contributed by atoms with van der Waals surface area (Å²) in [5.41, 5.74) is 0.434. The number of para-hydroxylation sites is 1. The number of hydrogen-bond acceptors (Lipinski definition) is 2. The first-order chi connectivity index (χ1) is 8.58. The Morgan fingerprint density at radius 2 is 2.05 bits per heavy atom. The molecule has 1 fully saturated rings. The van der Waals surface area contributed by atoms with Gasteiger partial charge in [-0.1, -0.05) is 29.3 Å². The van der Waals surface area contributed by atoms with Gasteiger partial charge >= 0.3 is 0 Å². The summed E-state index contributed by atoms with van der Waals surface area (Å²) < 4.78 is 0. The Balaban J connectivity index is 0.00000180. The lowest BCUT2D eigenvalue weighted by atomic mass is 10.3. The first-order valence-electron chi connectivity index (χ1n) is 5.34. The average Bonchev–Trinajstić information content (AvgIpc) is 2.70. The second-order valence-corrected chi connectivity index (χ2v) is 5.00. The van der Waals surface area contributed by atoms with Crippen molar-refractivity contribution >= 4 is 64.5 Å². The molecule has 1 saturated heterocycles. The van der Waals surface area contributed by atoms with Crippen LogP contribution in [-0.2, 0) is 4.79 Å². The highest BCUT2D eigenvalue weighted by atomic mass is 35.5. The Morgan fingerprint density at radius 3 is 2.58 bits per heavy atom. The van der Waals surface area contributed by atoms with Crippen LogP contribution in [0.5, 0.6) is 0 Å². The maximum atomic E-state index is 11.9. The Bertz CT molecular complexity index is 478. The third-order valence-electron chi connectivity index (χ3n) is 2.51. The molecule has 2 N–H and O–H groups in total. The minimum Gasteiger partial charge on any atom is -0.361 e. The molecule has 1 aliphatic heterocycles. The van der Waals surface area contributed by atoms with Gasteiger partial charge in [0.05, 0.1) is 22.3 Å². The third-order valence-corrected chi connectivity index (χ3v) is 3.54.